The minimum atomic E-state index is 0.0264. The lowest BCUT2D eigenvalue weighted by atomic mass is 10.0. The second-order valence-corrected chi connectivity index (χ2v) is 7.28. The number of hydrogen-bond acceptors (Lipinski definition) is 3. The van der Waals surface area contributed by atoms with Gasteiger partial charge >= 0.3 is 6.03 Å². The number of hydrogen-bond donors (Lipinski definition) is 1. The number of carbonyl (C=O) groups excluding carboxylic acids is 1. The van der Waals surface area contributed by atoms with Crippen molar-refractivity contribution >= 4 is 6.03 Å². The fourth-order valence-electron chi connectivity index (χ4n) is 3.87. The molecule has 5 heteroatoms. The molecule has 0 bridgehead atoms. The summed E-state index contributed by atoms with van der Waals surface area (Å²) in [6, 6.07) is 18.6. The Labute approximate surface area is 160 Å². The van der Waals surface area contributed by atoms with Crippen molar-refractivity contribution in [3.63, 3.8) is 0 Å². The highest BCUT2D eigenvalue weighted by molar-refractivity contribution is 5.75. The number of carbonyl (C=O) groups is 1. The number of nitrogens with zero attached hydrogens (tertiary/aromatic N) is 2. The molecule has 1 atom stereocenters. The molecule has 0 saturated carbocycles. The van der Waals surface area contributed by atoms with E-state index < -0.39 is 0 Å². The number of rotatable bonds is 3. The lowest BCUT2D eigenvalue weighted by Gasteiger charge is -2.35. The van der Waals surface area contributed by atoms with Gasteiger partial charge in [0.2, 0.25) is 0 Å². The molecule has 0 aromatic heterocycles. The number of urea groups is 1. The molecule has 0 spiro atoms. The number of fused-ring (bicyclic) bond motifs is 1. The zero-order valence-electron chi connectivity index (χ0n) is 15.6. The van der Waals surface area contributed by atoms with Gasteiger partial charge in [-0.3, -0.25) is 4.90 Å². The Morgan fingerprint density at radius 3 is 2.56 bits per heavy atom. The van der Waals surface area contributed by atoms with Crippen molar-refractivity contribution < 1.29 is 9.53 Å². The van der Waals surface area contributed by atoms with E-state index in [0.717, 1.165) is 56.9 Å². The average Bonchev–Trinajstić information content (AvgIpc) is 2.92. The molecule has 2 aliphatic rings. The Morgan fingerprint density at radius 2 is 1.74 bits per heavy atom. The number of ether oxygens (including phenoxy) is 1. The molecule has 2 aliphatic heterocycles. The molecule has 5 nitrogen and oxygen atoms in total. The fourth-order valence-corrected chi connectivity index (χ4v) is 3.87. The van der Waals surface area contributed by atoms with Crippen molar-refractivity contribution in [2.45, 2.75) is 25.4 Å². The quantitative estimate of drug-likeness (QED) is 0.906. The summed E-state index contributed by atoms with van der Waals surface area (Å²) < 4.78 is 5.80. The van der Waals surface area contributed by atoms with Gasteiger partial charge in [-0.2, -0.15) is 0 Å². The third-order valence-electron chi connectivity index (χ3n) is 5.40. The summed E-state index contributed by atoms with van der Waals surface area (Å²) in [4.78, 5) is 17.2. The minimum Gasteiger partial charge on any atom is -0.493 e. The van der Waals surface area contributed by atoms with E-state index in [1.807, 2.05) is 29.2 Å². The Kier molecular flexibility index (Phi) is 5.58. The van der Waals surface area contributed by atoms with E-state index in [1.54, 1.807) is 0 Å². The second-order valence-electron chi connectivity index (χ2n) is 7.28. The SMILES string of the molecule is O=C(NC1CCCOc2ccccc21)N1CCN(Cc2ccccc2)CC1. The van der Waals surface area contributed by atoms with Crippen LogP contribution >= 0.6 is 0 Å². The normalized spacial score (nSPS) is 20.3. The first-order valence-electron chi connectivity index (χ1n) is 9.83. The molecule has 0 aliphatic carbocycles. The molecule has 0 radical (unpaired) electrons. The third-order valence-corrected chi connectivity index (χ3v) is 5.40. The van der Waals surface area contributed by atoms with Gasteiger partial charge in [-0.1, -0.05) is 48.5 Å². The van der Waals surface area contributed by atoms with E-state index in [-0.39, 0.29) is 12.1 Å². The summed E-state index contributed by atoms with van der Waals surface area (Å²) >= 11 is 0. The van der Waals surface area contributed by atoms with Crippen molar-refractivity contribution in [1.82, 2.24) is 15.1 Å². The third kappa shape index (κ3) is 4.42. The van der Waals surface area contributed by atoms with Gasteiger partial charge in [-0.05, 0) is 24.5 Å². The molecule has 27 heavy (non-hydrogen) atoms. The van der Waals surface area contributed by atoms with Gasteiger partial charge < -0.3 is 15.0 Å². The van der Waals surface area contributed by atoms with Crippen molar-refractivity contribution in [1.29, 1.82) is 0 Å². The van der Waals surface area contributed by atoms with Crippen LogP contribution in [0.15, 0.2) is 54.6 Å². The van der Waals surface area contributed by atoms with Gasteiger partial charge in [0, 0.05) is 38.3 Å². The lowest BCUT2D eigenvalue weighted by molar-refractivity contribution is 0.133. The maximum Gasteiger partial charge on any atom is 0.317 e. The van der Waals surface area contributed by atoms with Crippen LogP contribution < -0.4 is 10.1 Å². The van der Waals surface area contributed by atoms with E-state index >= 15 is 0 Å². The van der Waals surface area contributed by atoms with E-state index in [1.165, 1.54) is 5.56 Å². The summed E-state index contributed by atoms with van der Waals surface area (Å²) in [6.45, 7) is 5.01. The van der Waals surface area contributed by atoms with Crippen LogP contribution in [-0.4, -0.2) is 48.6 Å². The zero-order chi connectivity index (χ0) is 18.5. The number of amides is 2. The lowest BCUT2D eigenvalue weighted by Crippen LogP contribution is -2.51. The van der Waals surface area contributed by atoms with Crippen LogP contribution in [0.3, 0.4) is 0 Å². The smallest absolute Gasteiger partial charge is 0.317 e. The van der Waals surface area contributed by atoms with Gasteiger partial charge in [-0.15, -0.1) is 0 Å². The molecular weight excluding hydrogens is 338 g/mol. The highest BCUT2D eigenvalue weighted by Gasteiger charge is 2.26. The topological polar surface area (TPSA) is 44.8 Å². The number of para-hydroxylation sites is 1. The molecule has 142 valence electrons. The maximum atomic E-state index is 12.8. The van der Waals surface area contributed by atoms with Gasteiger partial charge in [0.05, 0.1) is 12.6 Å². The van der Waals surface area contributed by atoms with Crippen LogP contribution in [-0.2, 0) is 6.54 Å². The van der Waals surface area contributed by atoms with Crippen molar-refractivity contribution in [3.05, 3.63) is 65.7 Å². The number of benzene rings is 2. The molecule has 1 fully saturated rings. The van der Waals surface area contributed by atoms with E-state index in [0.29, 0.717) is 6.61 Å². The largest absolute Gasteiger partial charge is 0.493 e. The molecule has 1 unspecified atom stereocenters. The number of nitrogens with one attached hydrogen (secondary N) is 1. The summed E-state index contributed by atoms with van der Waals surface area (Å²) in [5, 5.41) is 3.24. The van der Waals surface area contributed by atoms with Crippen LogP contribution in [0.2, 0.25) is 0 Å². The van der Waals surface area contributed by atoms with Gasteiger partial charge in [0.25, 0.3) is 0 Å². The first-order valence-corrected chi connectivity index (χ1v) is 9.83. The molecule has 1 saturated heterocycles. The van der Waals surface area contributed by atoms with Crippen LogP contribution in [0, 0.1) is 0 Å². The predicted octanol–water partition coefficient (Wildman–Crippen LogP) is 3.43. The molecule has 2 amide bonds. The summed E-state index contributed by atoms with van der Waals surface area (Å²) in [5.41, 5.74) is 2.41. The van der Waals surface area contributed by atoms with E-state index in [4.69, 9.17) is 4.74 Å². The predicted molar refractivity (Wildman–Crippen MR) is 106 cm³/mol. The standard InChI is InChI=1S/C22H27N3O2/c26-22(23-20-10-6-16-27-21-11-5-4-9-19(20)21)25-14-12-24(13-15-25)17-18-7-2-1-3-8-18/h1-5,7-9,11,20H,6,10,12-17H2,(H,23,26). The molecular formula is C22H27N3O2. The maximum absolute atomic E-state index is 12.8. The Hall–Kier alpha value is -2.53. The molecule has 2 aromatic rings. The first kappa shape index (κ1) is 17.9. The second kappa shape index (κ2) is 8.44. The van der Waals surface area contributed by atoms with Crippen LogP contribution in [0.4, 0.5) is 4.79 Å². The highest BCUT2D eigenvalue weighted by atomic mass is 16.5. The van der Waals surface area contributed by atoms with Crippen molar-refractivity contribution in [2.24, 2.45) is 0 Å². The summed E-state index contributed by atoms with van der Waals surface area (Å²) in [7, 11) is 0. The van der Waals surface area contributed by atoms with Gasteiger partial charge in [0.15, 0.2) is 0 Å². The summed E-state index contributed by atoms with van der Waals surface area (Å²) in [5.74, 6) is 0.896. The van der Waals surface area contributed by atoms with Crippen LogP contribution in [0.5, 0.6) is 5.75 Å². The minimum absolute atomic E-state index is 0.0264. The molecule has 2 aromatic carbocycles. The van der Waals surface area contributed by atoms with Crippen molar-refractivity contribution in [2.75, 3.05) is 32.8 Å². The molecule has 1 N–H and O–H groups in total. The van der Waals surface area contributed by atoms with Crippen LogP contribution in [0.25, 0.3) is 0 Å². The number of piperazine rings is 1. The van der Waals surface area contributed by atoms with E-state index in [9.17, 15) is 4.79 Å². The van der Waals surface area contributed by atoms with Crippen LogP contribution in [0.1, 0.15) is 30.0 Å². The highest BCUT2D eigenvalue weighted by Crippen LogP contribution is 2.31. The fraction of sp³-hybridized carbons (Fsp3) is 0.409. The van der Waals surface area contributed by atoms with Gasteiger partial charge in [0.1, 0.15) is 5.75 Å². The van der Waals surface area contributed by atoms with Crippen molar-refractivity contribution in [3.8, 4) is 5.75 Å². The monoisotopic (exact) mass is 365 g/mol. The molecule has 2 heterocycles. The molecule has 4 rings (SSSR count). The average molecular weight is 365 g/mol. The first-order chi connectivity index (χ1) is 13.3. The zero-order valence-corrected chi connectivity index (χ0v) is 15.6. The van der Waals surface area contributed by atoms with E-state index in [2.05, 4.69) is 40.5 Å². The Bertz CT molecular complexity index is 757. The van der Waals surface area contributed by atoms with Gasteiger partial charge in [-0.25, -0.2) is 4.79 Å². The Morgan fingerprint density at radius 1 is 1.00 bits per heavy atom. The summed E-state index contributed by atoms with van der Waals surface area (Å²) in [6.07, 6.45) is 1.86. The Balaban J connectivity index is 1.32.